The molecule has 0 aliphatic heterocycles. The van der Waals surface area contributed by atoms with E-state index in [9.17, 15) is 9.59 Å². The number of nitrogens with zero attached hydrogens (tertiary/aromatic N) is 1. The number of rotatable bonds is 8. The van der Waals surface area contributed by atoms with Crippen molar-refractivity contribution in [2.24, 2.45) is 5.10 Å². The molecular weight excluding hydrogens is 418 g/mol. The lowest BCUT2D eigenvalue weighted by Gasteiger charge is -2.13. The normalized spacial score (nSPS) is 11.9. The minimum Gasteiger partial charge on any atom is -0.489 e. The maximum Gasteiger partial charge on any atom is 0.280 e. The zero-order valence-corrected chi connectivity index (χ0v) is 18.0. The van der Waals surface area contributed by atoms with E-state index in [4.69, 9.17) is 9.47 Å². The summed E-state index contributed by atoms with van der Waals surface area (Å²) in [4.78, 5) is 27.2. The van der Waals surface area contributed by atoms with E-state index in [1.807, 2.05) is 54.6 Å². The maximum atomic E-state index is 12.3. The largest absolute Gasteiger partial charge is 0.489 e. The fourth-order valence-electron chi connectivity index (χ4n) is 3.13. The van der Waals surface area contributed by atoms with Gasteiger partial charge in [0.15, 0.2) is 6.10 Å². The molecule has 0 fully saturated rings. The van der Waals surface area contributed by atoms with Crippen LogP contribution in [-0.2, 0) is 11.4 Å². The van der Waals surface area contributed by atoms with E-state index in [1.54, 1.807) is 37.3 Å². The zero-order valence-electron chi connectivity index (χ0n) is 18.0. The van der Waals surface area contributed by atoms with Crippen LogP contribution in [0.3, 0.4) is 0 Å². The van der Waals surface area contributed by atoms with Gasteiger partial charge >= 0.3 is 0 Å². The van der Waals surface area contributed by atoms with Gasteiger partial charge in [0, 0.05) is 5.52 Å². The van der Waals surface area contributed by atoms with Crippen molar-refractivity contribution in [3.05, 3.63) is 106 Å². The Balaban J connectivity index is 1.29. The molecule has 4 aromatic rings. The highest BCUT2D eigenvalue weighted by Gasteiger charge is 2.14. The van der Waals surface area contributed by atoms with Gasteiger partial charge in [-0.15, -0.1) is 0 Å². The van der Waals surface area contributed by atoms with Crippen LogP contribution >= 0.6 is 0 Å². The van der Waals surface area contributed by atoms with Gasteiger partial charge in [0.05, 0.1) is 11.8 Å². The zero-order chi connectivity index (χ0) is 23.0. The lowest BCUT2D eigenvalue weighted by atomic mass is 10.2. The second-order valence-corrected chi connectivity index (χ2v) is 7.38. The fourth-order valence-corrected chi connectivity index (χ4v) is 3.13. The first-order chi connectivity index (χ1) is 16.1. The molecule has 7 heteroatoms. The summed E-state index contributed by atoms with van der Waals surface area (Å²) in [5.41, 5.74) is 4.28. The van der Waals surface area contributed by atoms with Crippen LogP contribution in [0.2, 0.25) is 0 Å². The number of aromatic nitrogens is 1. The Morgan fingerprint density at radius 1 is 1.00 bits per heavy atom. The Morgan fingerprint density at radius 2 is 1.70 bits per heavy atom. The molecule has 0 bridgehead atoms. The van der Waals surface area contributed by atoms with E-state index in [-0.39, 0.29) is 5.56 Å². The fraction of sp³-hybridized carbons (Fsp3) is 0.115. The first-order valence-electron chi connectivity index (χ1n) is 10.5. The molecule has 0 unspecified atom stereocenters. The summed E-state index contributed by atoms with van der Waals surface area (Å²) in [5.74, 6) is 0.793. The average Bonchev–Trinajstić information content (AvgIpc) is 2.84. The van der Waals surface area contributed by atoms with Gasteiger partial charge in [-0.25, -0.2) is 5.43 Å². The molecule has 0 aliphatic rings. The maximum absolute atomic E-state index is 12.3. The van der Waals surface area contributed by atoms with Gasteiger partial charge in [-0.3, -0.25) is 9.59 Å². The van der Waals surface area contributed by atoms with Crippen molar-refractivity contribution in [1.82, 2.24) is 10.4 Å². The number of fused-ring (bicyclic) bond motifs is 1. The van der Waals surface area contributed by atoms with E-state index in [1.165, 1.54) is 6.21 Å². The second-order valence-electron chi connectivity index (χ2n) is 7.38. The summed E-state index contributed by atoms with van der Waals surface area (Å²) in [6.45, 7) is 2.09. The van der Waals surface area contributed by atoms with Gasteiger partial charge in [-0.05, 0) is 54.3 Å². The molecule has 7 nitrogen and oxygen atoms in total. The molecule has 166 valence electrons. The monoisotopic (exact) mass is 441 g/mol. The van der Waals surface area contributed by atoms with E-state index >= 15 is 0 Å². The van der Waals surface area contributed by atoms with Crippen molar-refractivity contribution in [2.75, 3.05) is 0 Å². The third-order valence-corrected chi connectivity index (χ3v) is 4.91. The predicted molar refractivity (Wildman–Crippen MR) is 128 cm³/mol. The van der Waals surface area contributed by atoms with E-state index < -0.39 is 12.0 Å². The van der Waals surface area contributed by atoms with Crippen molar-refractivity contribution in [2.45, 2.75) is 19.6 Å². The van der Waals surface area contributed by atoms with Gasteiger partial charge in [-0.1, -0.05) is 48.5 Å². The molecule has 0 spiro atoms. The molecule has 0 radical (unpaired) electrons. The molecule has 4 rings (SSSR count). The van der Waals surface area contributed by atoms with Gasteiger partial charge in [0.2, 0.25) is 0 Å². The molecule has 1 atom stereocenters. The van der Waals surface area contributed by atoms with E-state index in [0.717, 1.165) is 16.5 Å². The van der Waals surface area contributed by atoms with Crippen LogP contribution in [-0.4, -0.2) is 23.2 Å². The lowest BCUT2D eigenvalue weighted by molar-refractivity contribution is -0.127. The number of hydrazone groups is 1. The van der Waals surface area contributed by atoms with Crippen molar-refractivity contribution < 1.29 is 14.3 Å². The number of carbonyl (C=O) groups excluding carboxylic acids is 1. The smallest absolute Gasteiger partial charge is 0.280 e. The molecule has 1 aromatic heterocycles. The number of benzene rings is 3. The molecule has 0 saturated heterocycles. The lowest BCUT2D eigenvalue weighted by Crippen LogP contribution is -2.33. The van der Waals surface area contributed by atoms with Crippen LogP contribution in [0.4, 0.5) is 0 Å². The predicted octanol–water partition coefficient (Wildman–Crippen LogP) is 4.02. The van der Waals surface area contributed by atoms with Crippen molar-refractivity contribution >= 4 is 23.0 Å². The summed E-state index contributed by atoms with van der Waals surface area (Å²) < 4.78 is 11.4. The highest BCUT2D eigenvalue weighted by atomic mass is 16.5. The van der Waals surface area contributed by atoms with Crippen molar-refractivity contribution in [1.29, 1.82) is 0 Å². The van der Waals surface area contributed by atoms with Crippen molar-refractivity contribution in [3.8, 4) is 11.5 Å². The molecule has 33 heavy (non-hydrogen) atoms. The minimum absolute atomic E-state index is 0.287. The summed E-state index contributed by atoms with van der Waals surface area (Å²) in [6, 6.07) is 26.1. The summed E-state index contributed by atoms with van der Waals surface area (Å²) in [7, 11) is 0. The van der Waals surface area contributed by atoms with Gasteiger partial charge < -0.3 is 14.5 Å². The third-order valence-electron chi connectivity index (χ3n) is 4.91. The molecule has 2 N–H and O–H groups in total. The highest BCUT2D eigenvalue weighted by molar-refractivity contribution is 5.88. The minimum atomic E-state index is -0.784. The van der Waals surface area contributed by atoms with Crippen molar-refractivity contribution in [3.63, 3.8) is 0 Å². The Kier molecular flexibility index (Phi) is 6.80. The number of ether oxygens (including phenoxy) is 2. The quantitative estimate of drug-likeness (QED) is 0.319. The van der Waals surface area contributed by atoms with E-state index in [0.29, 0.717) is 23.7 Å². The number of pyridine rings is 1. The topological polar surface area (TPSA) is 92.8 Å². The first-order valence-corrected chi connectivity index (χ1v) is 10.5. The molecule has 3 aromatic carbocycles. The number of aromatic amines is 1. The van der Waals surface area contributed by atoms with Crippen LogP contribution in [0, 0.1) is 0 Å². The molecule has 0 saturated carbocycles. The Hall–Kier alpha value is -4.39. The van der Waals surface area contributed by atoms with Crippen LogP contribution in [0.25, 0.3) is 10.9 Å². The number of para-hydroxylation sites is 1. The number of carbonyl (C=O) groups is 1. The Labute approximate surface area is 190 Å². The van der Waals surface area contributed by atoms with Crippen LogP contribution in [0.15, 0.2) is 94.8 Å². The first kappa shape index (κ1) is 21.8. The number of hydrogen-bond donors (Lipinski definition) is 2. The Bertz CT molecular complexity index is 1310. The average molecular weight is 441 g/mol. The summed E-state index contributed by atoms with van der Waals surface area (Å²) >= 11 is 0. The second kappa shape index (κ2) is 10.3. The SMILES string of the molecule is C[C@@H](Oc1ccc(OCc2ccccc2)cc1)C(=O)N/N=C\c1cc2ccccc2[nH]c1=O. The molecule has 1 heterocycles. The summed E-state index contributed by atoms with van der Waals surface area (Å²) in [6.07, 6.45) is 0.530. The highest BCUT2D eigenvalue weighted by Crippen LogP contribution is 2.19. The molecular formula is C26H23N3O4. The molecule has 0 aliphatic carbocycles. The number of H-pyrrole nitrogens is 1. The van der Waals surface area contributed by atoms with Crippen LogP contribution in [0.1, 0.15) is 18.1 Å². The van der Waals surface area contributed by atoms with E-state index in [2.05, 4.69) is 15.5 Å². The number of amides is 1. The van der Waals surface area contributed by atoms with Crippen LogP contribution < -0.4 is 20.5 Å². The summed E-state index contributed by atoms with van der Waals surface area (Å²) in [5, 5.41) is 4.77. The molecule has 1 amide bonds. The van der Waals surface area contributed by atoms with Gasteiger partial charge in [-0.2, -0.15) is 5.10 Å². The van der Waals surface area contributed by atoms with Gasteiger partial charge in [0.1, 0.15) is 18.1 Å². The van der Waals surface area contributed by atoms with Gasteiger partial charge in [0.25, 0.3) is 11.5 Å². The Morgan fingerprint density at radius 3 is 2.48 bits per heavy atom. The third kappa shape index (κ3) is 5.86. The van der Waals surface area contributed by atoms with Crippen LogP contribution in [0.5, 0.6) is 11.5 Å². The number of nitrogens with one attached hydrogen (secondary N) is 2. The number of hydrogen-bond acceptors (Lipinski definition) is 5. The standard InChI is InChI=1S/C26H23N3O4/c1-18(33-23-13-11-22(12-14-23)32-17-19-7-3-2-4-8-19)25(30)29-27-16-21-15-20-9-5-6-10-24(20)28-26(21)31/h2-16,18H,17H2,1H3,(H,28,31)(H,29,30)/b27-16-/t18-/m1/s1.